The average Bonchev–Trinajstić information content (AvgIpc) is 2.85. The number of nitrogens with zero attached hydrogens (tertiary/aromatic N) is 2. The molecular formula is C9H10N2O. The van der Waals surface area contributed by atoms with Crippen LogP contribution >= 0.6 is 0 Å². The summed E-state index contributed by atoms with van der Waals surface area (Å²) < 4.78 is 0. The fourth-order valence-electron chi connectivity index (χ4n) is 1.14. The maximum atomic E-state index is 10.4. The first-order valence-corrected chi connectivity index (χ1v) is 4.03. The first kappa shape index (κ1) is 7.40. The molecule has 12 heavy (non-hydrogen) atoms. The third kappa shape index (κ3) is 1.11. The number of carbonyl (C=O) groups excluding carboxylic acids is 1. The van der Waals surface area contributed by atoms with Gasteiger partial charge in [-0.2, -0.15) is 0 Å². The number of carbonyl (C=O) groups is 1. The van der Waals surface area contributed by atoms with Crippen molar-refractivity contribution < 1.29 is 4.79 Å². The summed E-state index contributed by atoms with van der Waals surface area (Å²) in [6.45, 7) is 2.12. The second kappa shape index (κ2) is 2.37. The van der Waals surface area contributed by atoms with Crippen molar-refractivity contribution in [2.75, 3.05) is 0 Å². The van der Waals surface area contributed by atoms with Gasteiger partial charge in [0, 0.05) is 11.6 Å². The van der Waals surface area contributed by atoms with E-state index in [1.54, 1.807) is 12.3 Å². The van der Waals surface area contributed by atoms with Crippen LogP contribution in [0.15, 0.2) is 12.3 Å². The molecule has 0 spiro atoms. The Hall–Kier alpha value is -1.25. The van der Waals surface area contributed by atoms with E-state index in [9.17, 15) is 4.79 Å². The molecule has 0 amide bonds. The third-order valence-electron chi connectivity index (χ3n) is 2.34. The molecule has 0 N–H and O–H groups in total. The molecule has 0 saturated heterocycles. The van der Waals surface area contributed by atoms with E-state index in [-0.39, 0.29) is 5.41 Å². The van der Waals surface area contributed by atoms with Gasteiger partial charge in [-0.15, -0.1) is 0 Å². The van der Waals surface area contributed by atoms with Gasteiger partial charge >= 0.3 is 0 Å². The summed E-state index contributed by atoms with van der Waals surface area (Å²) in [6.07, 6.45) is 4.68. The van der Waals surface area contributed by atoms with Crippen LogP contribution in [-0.2, 0) is 5.41 Å². The molecule has 0 radical (unpaired) electrons. The lowest BCUT2D eigenvalue weighted by molar-refractivity contribution is 0.111. The summed E-state index contributed by atoms with van der Waals surface area (Å²) in [5.41, 5.74) is 0.632. The largest absolute Gasteiger partial charge is 0.296 e. The third-order valence-corrected chi connectivity index (χ3v) is 2.34. The number of hydrogen-bond donors (Lipinski definition) is 0. The van der Waals surface area contributed by atoms with Crippen molar-refractivity contribution in [1.82, 2.24) is 9.97 Å². The molecule has 1 aromatic heterocycles. The van der Waals surface area contributed by atoms with Gasteiger partial charge in [0.1, 0.15) is 11.5 Å². The number of aldehydes is 1. The van der Waals surface area contributed by atoms with Gasteiger partial charge in [-0.3, -0.25) is 4.79 Å². The fraction of sp³-hybridized carbons (Fsp3) is 0.444. The minimum absolute atomic E-state index is 0.152. The van der Waals surface area contributed by atoms with Crippen LogP contribution in [0.4, 0.5) is 0 Å². The van der Waals surface area contributed by atoms with Gasteiger partial charge < -0.3 is 0 Å². The zero-order valence-corrected chi connectivity index (χ0v) is 6.95. The van der Waals surface area contributed by atoms with Crippen LogP contribution in [0.5, 0.6) is 0 Å². The molecule has 1 aliphatic carbocycles. The predicted octanol–water partition coefficient (Wildman–Crippen LogP) is 1.34. The highest BCUT2D eigenvalue weighted by Crippen LogP contribution is 2.45. The van der Waals surface area contributed by atoms with Crippen LogP contribution in [0.2, 0.25) is 0 Å². The molecule has 0 aromatic carbocycles. The molecule has 3 nitrogen and oxygen atoms in total. The Labute approximate surface area is 70.9 Å². The van der Waals surface area contributed by atoms with Crippen molar-refractivity contribution in [3.05, 3.63) is 23.8 Å². The van der Waals surface area contributed by atoms with Gasteiger partial charge in [0.15, 0.2) is 6.29 Å². The SMILES string of the molecule is CC1(c2nccc(C=O)n2)CC1. The van der Waals surface area contributed by atoms with E-state index in [1.165, 1.54) is 0 Å². The van der Waals surface area contributed by atoms with Crippen LogP contribution in [0.1, 0.15) is 36.1 Å². The van der Waals surface area contributed by atoms with Gasteiger partial charge in [0.25, 0.3) is 0 Å². The van der Waals surface area contributed by atoms with Crippen LogP contribution in [0, 0.1) is 0 Å². The highest BCUT2D eigenvalue weighted by molar-refractivity contribution is 5.71. The number of hydrogen-bond acceptors (Lipinski definition) is 3. The standard InChI is InChI=1S/C9H10N2O/c1-9(3-4-9)8-10-5-2-7(6-12)11-8/h2,5-6H,3-4H2,1H3. The molecular weight excluding hydrogens is 152 g/mol. The molecule has 1 aliphatic rings. The zero-order chi connectivity index (χ0) is 8.60. The molecule has 0 bridgehead atoms. The average molecular weight is 162 g/mol. The smallest absolute Gasteiger partial charge is 0.168 e. The summed E-state index contributed by atoms with van der Waals surface area (Å²) in [5, 5.41) is 0. The minimum Gasteiger partial charge on any atom is -0.296 e. The summed E-state index contributed by atoms with van der Waals surface area (Å²) in [5.74, 6) is 0.812. The van der Waals surface area contributed by atoms with E-state index in [2.05, 4.69) is 16.9 Å². The molecule has 1 heterocycles. The lowest BCUT2D eigenvalue weighted by Gasteiger charge is -2.04. The van der Waals surface area contributed by atoms with Gasteiger partial charge in [-0.05, 0) is 18.9 Å². The molecule has 3 heteroatoms. The van der Waals surface area contributed by atoms with Crippen molar-refractivity contribution in [2.45, 2.75) is 25.2 Å². The van der Waals surface area contributed by atoms with Gasteiger partial charge in [-0.25, -0.2) is 9.97 Å². The fourth-order valence-corrected chi connectivity index (χ4v) is 1.14. The van der Waals surface area contributed by atoms with Crippen molar-refractivity contribution in [3.63, 3.8) is 0 Å². The van der Waals surface area contributed by atoms with Crippen molar-refractivity contribution in [3.8, 4) is 0 Å². The molecule has 0 unspecified atom stereocenters. The Morgan fingerprint density at radius 3 is 2.92 bits per heavy atom. The minimum atomic E-state index is 0.152. The molecule has 1 fully saturated rings. The molecule has 2 rings (SSSR count). The van der Waals surface area contributed by atoms with Crippen molar-refractivity contribution >= 4 is 6.29 Å². The molecule has 0 aliphatic heterocycles. The monoisotopic (exact) mass is 162 g/mol. The van der Waals surface area contributed by atoms with Crippen molar-refractivity contribution in [1.29, 1.82) is 0 Å². The maximum absolute atomic E-state index is 10.4. The lowest BCUT2D eigenvalue weighted by atomic mass is 10.1. The summed E-state index contributed by atoms with van der Waals surface area (Å²) in [7, 11) is 0. The van der Waals surface area contributed by atoms with Crippen LogP contribution in [-0.4, -0.2) is 16.3 Å². The Bertz CT molecular complexity index is 318. The Morgan fingerprint density at radius 1 is 1.58 bits per heavy atom. The van der Waals surface area contributed by atoms with Crippen LogP contribution in [0.3, 0.4) is 0 Å². The number of rotatable bonds is 2. The maximum Gasteiger partial charge on any atom is 0.168 e. The topological polar surface area (TPSA) is 42.9 Å². The quantitative estimate of drug-likeness (QED) is 0.616. The van der Waals surface area contributed by atoms with E-state index in [1.807, 2.05) is 0 Å². The highest BCUT2D eigenvalue weighted by atomic mass is 16.1. The predicted molar refractivity (Wildman–Crippen MR) is 44.0 cm³/mol. The van der Waals surface area contributed by atoms with E-state index in [0.29, 0.717) is 5.69 Å². The normalized spacial score (nSPS) is 18.8. The highest BCUT2D eigenvalue weighted by Gasteiger charge is 2.41. The van der Waals surface area contributed by atoms with Gasteiger partial charge in [-0.1, -0.05) is 6.92 Å². The summed E-state index contributed by atoms with van der Waals surface area (Å²) >= 11 is 0. The summed E-state index contributed by atoms with van der Waals surface area (Å²) in [6, 6.07) is 1.63. The van der Waals surface area contributed by atoms with Crippen LogP contribution in [0.25, 0.3) is 0 Å². The summed E-state index contributed by atoms with van der Waals surface area (Å²) in [4.78, 5) is 18.7. The Morgan fingerprint density at radius 2 is 2.33 bits per heavy atom. The zero-order valence-electron chi connectivity index (χ0n) is 6.95. The second-order valence-electron chi connectivity index (χ2n) is 3.48. The molecule has 1 saturated carbocycles. The van der Waals surface area contributed by atoms with E-state index < -0.39 is 0 Å². The van der Waals surface area contributed by atoms with Gasteiger partial charge in [0.2, 0.25) is 0 Å². The number of aromatic nitrogens is 2. The van der Waals surface area contributed by atoms with Gasteiger partial charge in [0.05, 0.1) is 0 Å². The Kier molecular flexibility index (Phi) is 1.46. The van der Waals surface area contributed by atoms with E-state index in [0.717, 1.165) is 25.0 Å². The first-order valence-electron chi connectivity index (χ1n) is 4.03. The van der Waals surface area contributed by atoms with Crippen molar-refractivity contribution in [2.24, 2.45) is 0 Å². The van der Waals surface area contributed by atoms with Crippen LogP contribution < -0.4 is 0 Å². The van der Waals surface area contributed by atoms with E-state index in [4.69, 9.17) is 0 Å². The second-order valence-corrected chi connectivity index (χ2v) is 3.48. The lowest BCUT2D eigenvalue weighted by Crippen LogP contribution is -2.07. The molecule has 0 atom stereocenters. The molecule has 1 aromatic rings. The first-order chi connectivity index (χ1) is 5.74. The van der Waals surface area contributed by atoms with E-state index >= 15 is 0 Å². The Balaban J connectivity index is 2.38. The molecule has 62 valence electrons.